The Balaban J connectivity index is 2.81. The highest BCUT2D eigenvalue weighted by Gasteiger charge is 2.21. The second-order valence-electron chi connectivity index (χ2n) is 6.17. The van der Waals surface area contributed by atoms with E-state index < -0.39 is 0 Å². The van der Waals surface area contributed by atoms with E-state index >= 15 is 0 Å². The fraction of sp³-hybridized carbons (Fsp3) is 0.714. The van der Waals surface area contributed by atoms with Gasteiger partial charge in [-0.05, 0) is 26.4 Å². The molecule has 0 aliphatic heterocycles. The van der Waals surface area contributed by atoms with Crippen molar-refractivity contribution in [3.63, 3.8) is 0 Å². The van der Waals surface area contributed by atoms with Crippen molar-refractivity contribution < 1.29 is 4.79 Å². The number of thiazole rings is 1. The number of nitrogens with zero attached hydrogens (tertiary/aromatic N) is 3. The quantitative estimate of drug-likeness (QED) is 0.798. The first-order chi connectivity index (χ1) is 9.70. The summed E-state index contributed by atoms with van der Waals surface area (Å²) in [7, 11) is 7.77. The molecule has 0 aromatic carbocycles. The summed E-state index contributed by atoms with van der Waals surface area (Å²) in [5.74, 6) is 0.686. The van der Waals surface area contributed by atoms with E-state index in [1.807, 2.05) is 33.1 Å². The van der Waals surface area contributed by atoms with Gasteiger partial charge in [0, 0.05) is 26.7 Å². The van der Waals surface area contributed by atoms with Crippen LogP contribution in [0.5, 0.6) is 0 Å². The molecule has 6 nitrogen and oxygen atoms in total. The minimum Gasteiger partial charge on any atom is -0.382 e. The standard InChI is InChI=1S/C14H27N5OS/c1-9(2)7-10(8-18(3)4)16-13(20)11-12(15)17-14(21-11)19(5)6/h9-10H,7-8,15H2,1-6H3,(H,16,20). The molecule has 0 spiro atoms. The lowest BCUT2D eigenvalue weighted by molar-refractivity contribution is 0.0929. The van der Waals surface area contributed by atoms with Gasteiger partial charge >= 0.3 is 0 Å². The Morgan fingerprint density at radius 1 is 1.33 bits per heavy atom. The first-order valence-electron chi connectivity index (χ1n) is 7.10. The Morgan fingerprint density at radius 3 is 2.38 bits per heavy atom. The third-order valence-corrected chi connectivity index (χ3v) is 4.15. The Hall–Kier alpha value is -1.34. The lowest BCUT2D eigenvalue weighted by atomic mass is 10.0. The molecular formula is C14H27N5OS. The SMILES string of the molecule is CC(C)CC(CN(C)C)NC(=O)c1sc(N(C)C)nc1N. The Morgan fingerprint density at radius 2 is 1.95 bits per heavy atom. The van der Waals surface area contributed by atoms with Gasteiger partial charge in [-0.3, -0.25) is 4.79 Å². The van der Waals surface area contributed by atoms with E-state index in [4.69, 9.17) is 5.73 Å². The van der Waals surface area contributed by atoms with Crippen LogP contribution in [0.4, 0.5) is 10.9 Å². The Bertz CT molecular complexity index is 460. The van der Waals surface area contributed by atoms with Gasteiger partial charge in [-0.15, -0.1) is 0 Å². The Labute approximate surface area is 131 Å². The molecule has 0 fully saturated rings. The topological polar surface area (TPSA) is 74.5 Å². The number of nitrogen functional groups attached to an aromatic ring is 1. The number of aromatic nitrogens is 1. The van der Waals surface area contributed by atoms with E-state index in [9.17, 15) is 4.79 Å². The van der Waals surface area contributed by atoms with Gasteiger partial charge in [-0.2, -0.15) is 0 Å². The average Bonchev–Trinajstić information content (AvgIpc) is 2.69. The first-order valence-corrected chi connectivity index (χ1v) is 7.91. The van der Waals surface area contributed by atoms with Crippen molar-refractivity contribution in [2.45, 2.75) is 26.3 Å². The van der Waals surface area contributed by atoms with E-state index in [1.165, 1.54) is 11.3 Å². The number of likely N-dealkylation sites (N-methyl/N-ethyl adjacent to an activating group) is 1. The number of rotatable bonds is 7. The van der Waals surface area contributed by atoms with E-state index in [0.29, 0.717) is 16.6 Å². The number of hydrogen-bond donors (Lipinski definition) is 2. The lowest BCUT2D eigenvalue weighted by Gasteiger charge is -2.23. The molecule has 1 aromatic rings. The molecule has 1 heterocycles. The molecular weight excluding hydrogens is 286 g/mol. The van der Waals surface area contributed by atoms with Crippen molar-refractivity contribution in [3.8, 4) is 0 Å². The smallest absolute Gasteiger partial charge is 0.265 e. The number of anilines is 2. The van der Waals surface area contributed by atoms with E-state index in [2.05, 4.69) is 29.0 Å². The molecule has 0 aliphatic rings. The van der Waals surface area contributed by atoms with Crippen molar-refractivity contribution in [1.29, 1.82) is 0 Å². The van der Waals surface area contributed by atoms with Crippen molar-refractivity contribution in [1.82, 2.24) is 15.2 Å². The normalized spacial score (nSPS) is 12.8. The molecule has 7 heteroatoms. The fourth-order valence-corrected chi connectivity index (χ4v) is 2.92. The maximum Gasteiger partial charge on any atom is 0.265 e. The van der Waals surface area contributed by atoms with Crippen LogP contribution in [0.25, 0.3) is 0 Å². The number of hydrogen-bond acceptors (Lipinski definition) is 6. The van der Waals surface area contributed by atoms with Crippen molar-refractivity contribution >= 4 is 28.2 Å². The van der Waals surface area contributed by atoms with Gasteiger partial charge in [0.2, 0.25) is 0 Å². The molecule has 1 atom stereocenters. The van der Waals surface area contributed by atoms with Crippen molar-refractivity contribution in [2.75, 3.05) is 45.4 Å². The van der Waals surface area contributed by atoms with Gasteiger partial charge in [0.15, 0.2) is 5.13 Å². The molecule has 0 saturated heterocycles. The summed E-state index contributed by atoms with van der Waals surface area (Å²) < 4.78 is 0. The highest BCUT2D eigenvalue weighted by Crippen LogP contribution is 2.26. The molecule has 1 amide bonds. The molecule has 120 valence electrons. The minimum absolute atomic E-state index is 0.108. The molecule has 21 heavy (non-hydrogen) atoms. The molecule has 1 unspecified atom stereocenters. The van der Waals surface area contributed by atoms with Gasteiger partial charge in [-0.25, -0.2) is 4.98 Å². The zero-order chi connectivity index (χ0) is 16.2. The predicted octanol–water partition coefficient (Wildman–Crippen LogP) is 1.50. The summed E-state index contributed by atoms with van der Waals surface area (Å²) in [5.41, 5.74) is 5.86. The second-order valence-corrected chi connectivity index (χ2v) is 7.14. The summed E-state index contributed by atoms with van der Waals surface area (Å²) in [6, 6.07) is 0.108. The third-order valence-electron chi connectivity index (χ3n) is 2.91. The van der Waals surface area contributed by atoms with Gasteiger partial charge in [0.05, 0.1) is 0 Å². The molecule has 0 saturated carbocycles. The summed E-state index contributed by atoms with van der Waals surface area (Å²) in [5, 5.41) is 3.82. The molecule has 0 radical (unpaired) electrons. The average molecular weight is 313 g/mol. The fourth-order valence-electron chi connectivity index (χ4n) is 2.11. The molecule has 3 N–H and O–H groups in total. The van der Waals surface area contributed by atoms with Crippen molar-refractivity contribution in [3.05, 3.63) is 4.88 Å². The third kappa shape index (κ3) is 5.51. The van der Waals surface area contributed by atoms with Crippen LogP contribution in [0.15, 0.2) is 0 Å². The van der Waals surface area contributed by atoms with Crippen LogP contribution in [0.3, 0.4) is 0 Å². The molecule has 0 aliphatic carbocycles. The van der Waals surface area contributed by atoms with Crippen LogP contribution in [0.2, 0.25) is 0 Å². The molecule has 1 aromatic heterocycles. The van der Waals surface area contributed by atoms with Crippen LogP contribution >= 0.6 is 11.3 Å². The van der Waals surface area contributed by atoms with Crippen LogP contribution < -0.4 is 16.0 Å². The van der Waals surface area contributed by atoms with Gasteiger partial charge in [0.1, 0.15) is 10.7 Å². The van der Waals surface area contributed by atoms with Gasteiger partial charge in [0.25, 0.3) is 5.91 Å². The number of carbonyl (C=O) groups is 1. The van der Waals surface area contributed by atoms with Crippen LogP contribution in [-0.4, -0.2) is 56.6 Å². The summed E-state index contributed by atoms with van der Waals surface area (Å²) >= 11 is 1.32. The van der Waals surface area contributed by atoms with Gasteiger partial charge in [-0.1, -0.05) is 25.2 Å². The number of nitrogens with two attached hydrogens (primary N) is 1. The van der Waals surface area contributed by atoms with Crippen molar-refractivity contribution in [2.24, 2.45) is 5.92 Å². The summed E-state index contributed by atoms with van der Waals surface area (Å²) in [6.45, 7) is 5.11. The molecule has 1 rings (SSSR count). The lowest BCUT2D eigenvalue weighted by Crippen LogP contribution is -2.42. The number of amides is 1. The van der Waals surface area contributed by atoms with E-state index in [-0.39, 0.29) is 11.9 Å². The van der Waals surface area contributed by atoms with Crippen LogP contribution in [0, 0.1) is 5.92 Å². The minimum atomic E-state index is -0.134. The first kappa shape index (κ1) is 17.7. The monoisotopic (exact) mass is 313 g/mol. The van der Waals surface area contributed by atoms with E-state index in [1.54, 1.807) is 0 Å². The highest BCUT2D eigenvalue weighted by molar-refractivity contribution is 7.18. The van der Waals surface area contributed by atoms with Crippen LogP contribution in [-0.2, 0) is 0 Å². The maximum absolute atomic E-state index is 12.4. The van der Waals surface area contributed by atoms with Crippen LogP contribution in [0.1, 0.15) is 29.9 Å². The maximum atomic E-state index is 12.4. The Kier molecular flexibility index (Phi) is 6.42. The second kappa shape index (κ2) is 7.61. The number of nitrogens with one attached hydrogen (secondary N) is 1. The van der Waals surface area contributed by atoms with Gasteiger partial charge < -0.3 is 20.9 Å². The largest absolute Gasteiger partial charge is 0.382 e. The molecule has 0 bridgehead atoms. The zero-order valence-corrected chi connectivity index (χ0v) is 14.6. The zero-order valence-electron chi connectivity index (χ0n) is 13.8. The van der Waals surface area contributed by atoms with E-state index in [0.717, 1.165) is 18.1 Å². The summed E-state index contributed by atoms with van der Waals surface area (Å²) in [6.07, 6.45) is 0.934. The summed E-state index contributed by atoms with van der Waals surface area (Å²) in [4.78, 5) is 21.0. The predicted molar refractivity (Wildman–Crippen MR) is 90.1 cm³/mol. The number of carbonyl (C=O) groups excluding carboxylic acids is 1. The highest BCUT2D eigenvalue weighted by atomic mass is 32.1.